The van der Waals surface area contributed by atoms with E-state index in [1.165, 1.54) is 6.20 Å². The van der Waals surface area contributed by atoms with Crippen LogP contribution in [0.1, 0.15) is 23.7 Å². The molecule has 1 aromatic heterocycles. The predicted octanol–water partition coefficient (Wildman–Crippen LogP) is 1.83. The number of aromatic nitrogens is 1. The highest BCUT2D eigenvalue weighted by atomic mass is 19.1. The molecule has 1 rings (SSSR count). The Morgan fingerprint density at radius 1 is 1.57 bits per heavy atom. The third-order valence-electron chi connectivity index (χ3n) is 1.61. The second-order valence-corrected chi connectivity index (χ2v) is 2.87. The average Bonchev–Trinajstić information content (AvgIpc) is 2.18. The molecule has 0 spiro atoms. The summed E-state index contributed by atoms with van der Waals surface area (Å²) in [5, 5.41) is 0. The van der Waals surface area contributed by atoms with Crippen molar-refractivity contribution in [3.8, 4) is 0 Å². The topological polar surface area (TPSA) is 39.2 Å². The third-order valence-corrected chi connectivity index (χ3v) is 1.61. The van der Waals surface area contributed by atoms with Crippen LogP contribution in [0.4, 0.5) is 4.39 Å². The molecule has 0 aromatic carbocycles. The Morgan fingerprint density at radius 2 is 2.36 bits per heavy atom. The number of Topliss-reactive ketones (excluding diaryl/α,β-unsaturated/α-hetero) is 1. The van der Waals surface area contributed by atoms with Gasteiger partial charge in [-0.2, -0.15) is 0 Å². The van der Waals surface area contributed by atoms with E-state index in [0.29, 0.717) is 6.61 Å². The van der Waals surface area contributed by atoms with Crippen LogP contribution in [-0.2, 0) is 4.74 Å². The molecule has 0 saturated carbocycles. The van der Waals surface area contributed by atoms with E-state index in [-0.39, 0.29) is 18.0 Å². The van der Waals surface area contributed by atoms with Gasteiger partial charge in [0.05, 0.1) is 6.20 Å². The summed E-state index contributed by atoms with van der Waals surface area (Å²) in [4.78, 5) is 14.9. The Kier molecular flexibility index (Phi) is 4.19. The molecule has 1 heterocycles. The maximum atomic E-state index is 12.7. The number of ketones is 1. The van der Waals surface area contributed by atoms with E-state index in [1.807, 2.05) is 6.92 Å². The number of ether oxygens (including phenoxy) is 1. The van der Waals surface area contributed by atoms with E-state index in [1.54, 1.807) is 0 Å². The molecule has 0 bridgehead atoms. The standard InChI is InChI=1S/C10H12FNO2/c1-2-3-14-7-10(13)8-4-9(11)6-12-5-8/h4-6H,2-3,7H2,1H3. The molecule has 3 nitrogen and oxygen atoms in total. The lowest BCUT2D eigenvalue weighted by atomic mass is 10.2. The van der Waals surface area contributed by atoms with Crippen molar-refractivity contribution in [2.24, 2.45) is 0 Å². The summed E-state index contributed by atoms with van der Waals surface area (Å²) in [6.07, 6.45) is 3.25. The molecule has 1 aromatic rings. The normalized spacial score (nSPS) is 10.1. The lowest BCUT2D eigenvalue weighted by Crippen LogP contribution is -2.10. The van der Waals surface area contributed by atoms with E-state index in [4.69, 9.17) is 4.74 Å². The molecular formula is C10H12FNO2. The summed E-state index contributed by atoms with van der Waals surface area (Å²) in [5.74, 6) is -0.753. The maximum absolute atomic E-state index is 12.7. The van der Waals surface area contributed by atoms with Crippen molar-refractivity contribution in [2.45, 2.75) is 13.3 Å². The molecule has 76 valence electrons. The van der Waals surface area contributed by atoms with Crippen molar-refractivity contribution in [3.63, 3.8) is 0 Å². The van der Waals surface area contributed by atoms with Crippen LogP contribution in [0.2, 0.25) is 0 Å². The molecule has 14 heavy (non-hydrogen) atoms. The molecule has 0 radical (unpaired) electrons. The van der Waals surface area contributed by atoms with Crippen molar-refractivity contribution in [1.29, 1.82) is 0 Å². The highest BCUT2D eigenvalue weighted by Gasteiger charge is 2.06. The number of nitrogens with zero attached hydrogens (tertiary/aromatic N) is 1. The largest absolute Gasteiger partial charge is 0.373 e. The van der Waals surface area contributed by atoms with E-state index in [2.05, 4.69) is 4.98 Å². The van der Waals surface area contributed by atoms with E-state index in [9.17, 15) is 9.18 Å². The van der Waals surface area contributed by atoms with Gasteiger partial charge in [0.2, 0.25) is 0 Å². The quantitative estimate of drug-likeness (QED) is 0.534. The highest BCUT2D eigenvalue weighted by Crippen LogP contribution is 2.02. The van der Waals surface area contributed by atoms with Crippen molar-refractivity contribution < 1.29 is 13.9 Å². The van der Waals surface area contributed by atoms with Crippen LogP contribution in [0.5, 0.6) is 0 Å². The zero-order valence-corrected chi connectivity index (χ0v) is 8.00. The monoisotopic (exact) mass is 197 g/mol. The minimum absolute atomic E-state index is 0.0149. The van der Waals surface area contributed by atoms with E-state index in [0.717, 1.165) is 18.7 Å². The summed E-state index contributed by atoms with van der Waals surface area (Å²) in [5.41, 5.74) is 0.251. The second-order valence-electron chi connectivity index (χ2n) is 2.87. The number of carbonyl (C=O) groups excluding carboxylic acids is 1. The van der Waals surface area contributed by atoms with Crippen molar-refractivity contribution in [1.82, 2.24) is 4.98 Å². The first-order chi connectivity index (χ1) is 6.74. The number of rotatable bonds is 5. The Hall–Kier alpha value is -1.29. The Morgan fingerprint density at radius 3 is 3.00 bits per heavy atom. The van der Waals surface area contributed by atoms with Crippen LogP contribution in [0.3, 0.4) is 0 Å². The fraction of sp³-hybridized carbons (Fsp3) is 0.400. The van der Waals surface area contributed by atoms with Crippen LogP contribution >= 0.6 is 0 Å². The first kappa shape index (κ1) is 10.8. The van der Waals surface area contributed by atoms with Gasteiger partial charge in [0.15, 0.2) is 5.78 Å². The molecule has 0 aliphatic rings. The summed E-state index contributed by atoms with van der Waals surface area (Å²) >= 11 is 0. The van der Waals surface area contributed by atoms with Crippen LogP contribution in [0, 0.1) is 5.82 Å². The third kappa shape index (κ3) is 3.22. The number of halogens is 1. The first-order valence-corrected chi connectivity index (χ1v) is 4.45. The molecular weight excluding hydrogens is 185 g/mol. The molecule has 0 aliphatic heterocycles. The minimum atomic E-state index is -0.508. The van der Waals surface area contributed by atoms with Crippen molar-refractivity contribution in [2.75, 3.05) is 13.2 Å². The number of hydrogen-bond acceptors (Lipinski definition) is 3. The lowest BCUT2D eigenvalue weighted by Gasteiger charge is -2.01. The lowest BCUT2D eigenvalue weighted by molar-refractivity contribution is 0.0760. The van der Waals surface area contributed by atoms with Crippen LogP contribution < -0.4 is 0 Å². The van der Waals surface area contributed by atoms with Crippen molar-refractivity contribution in [3.05, 3.63) is 29.8 Å². The molecule has 0 saturated heterocycles. The zero-order chi connectivity index (χ0) is 10.4. The van der Waals surface area contributed by atoms with E-state index < -0.39 is 5.82 Å². The molecule has 0 unspecified atom stereocenters. The van der Waals surface area contributed by atoms with Gasteiger partial charge in [0.25, 0.3) is 0 Å². The summed E-state index contributed by atoms with van der Waals surface area (Å²) in [6, 6.07) is 1.16. The first-order valence-electron chi connectivity index (χ1n) is 4.45. The second kappa shape index (κ2) is 5.44. The molecule has 4 heteroatoms. The molecule has 0 aliphatic carbocycles. The molecule has 0 fully saturated rings. The summed E-state index contributed by atoms with van der Waals surface area (Å²) < 4.78 is 17.7. The molecule has 0 amide bonds. The Labute approximate surface area is 81.9 Å². The van der Waals surface area contributed by atoms with Crippen LogP contribution in [-0.4, -0.2) is 24.0 Å². The average molecular weight is 197 g/mol. The smallest absolute Gasteiger partial charge is 0.190 e. The van der Waals surface area contributed by atoms with Gasteiger partial charge >= 0.3 is 0 Å². The van der Waals surface area contributed by atoms with Gasteiger partial charge in [-0.15, -0.1) is 0 Å². The van der Waals surface area contributed by atoms with Gasteiger partial charge in [0.1, 0.15) is 12.4 Å². The number of hydrogen-bond donors (Lipinski definition) is 0. The zero-order valence-electron chi connectivity index (χ0n) is 8.00. The fourth-order valence-corrected chi connectivity index (χ4v) is 0.957. The minimum Gasteiger partial charge on any atom is -0.373 e. The summed E-state index contributed by atoms with van der Waals surface area (Å²) in [6.45, 7) is 2.47. The Balaban J connectivity index is 2.52. The van der Waals surface area contributed by atoms with Gasteiger partial charge in [-0.3, -0.25) is 9.78 Å². The van der Waals surface area contributed by atoms with Gasteiger partial charge in [-0.25, -0.2) is 4.39 Å². The van der Waals surface area contributed by atoms with Crippen LogP contribution in [0.25, 0.3) is 0 Å². The van der Waals surface area contributed by atoms with Crippen molar-refractivity contribution >= 4 is 5.78 Å². The highest BCUT2D eigenvalue weighted by molar-refractivity contribution is 5.96. The number of carbonyl (C=O) groups is 1. The van der Waals surface area contributed by atoms with Gasteiger partial charge < -0.3 is 4.74 Å². The SMILES string of the molecule is CCCOCC(=O)c1cncc(F)c1. The van der Waals surface area contributed by atoms with Gasteiger partial charge in [0, 0.05) is 18.4 Å². The van der Waals surface area contributed by atoms with Gasteiger partial charge in [-0.1, -0.05) is 6.92 Å². The van der Waals surface area contributed by atoms with Gasteiger partial charge in [-0.05, 0) is 12.5 Å². The van der Waals surface area contributed by atoms with E-state index >= 15 is 0 Å². The maximum Gasteiger partial charge on any atom is 0.190 e. The predicted molar refractivity (Wildman–Crippen MR) is 49.6 cm³/mol. The molecule has 0 atom stereocenters. The Bertz CT molecular complexity index is 315. The fourth-order valence-electron chi connectivity index (χ4n) is 0.957. The van der Waals surface area contributed by atoms with Crippen LogP contribution in [0.15, 0.2) is 18.5 Å². The number of pyridine rings is 1. The molecule has 0 N–H and O–H groups in total. The summed E-state index contributed by atoms with van der Waals surface area (Å²) in [7, 11) is 0.